The maximum atomic E-state index is 12.1. The minimum absolute atomic E-state index is 0.408. The summed E-state index contributed by atoms with van der Waals surface area (Å²) in [5.74, 6) is 0. The first kappa shape index (κ1) is 39.1. The molecule has 70 heavy (non-hydrogen) atoms. The van der Waals surface area contributed by atoms with Crippen LogP contribution in [0, 0.1) is 24.8 Å². The van der Waals surface area contributed by atoms with Gasteiger partial charge in [-0.05, 0) is 54.4 Å². The van der Waals surface area contributed by atoms with Crippen LogP contribution in [0.4, 0.5) is 5.69 Å². The Bertz CT molecular complexity index is 4730. The summed E-state index contributed by atoms with van der Waals surface area (Å²) in [5, 5.41) is 23.1. The van der Waals surface area contributed by atoms with Crippen LogP contribution in [0.3, 0.4) is 0 Å². The van der Waals surface area contributed by atoms with E-state index in [9.17, 15) is 11.8 Å². The molecule has 5 aromatic heterocycles. The number of hydrogen-bond acceptors (Lipinski definition) is 4. The predicted molar refractivity (Wildman–Crippen MR) is 295 cm³/mol. The minimum Gasteiger partial charge on any atom is -0.454 e. The summed E-state index contributed by atoms with van der Waals surface area (Å²) >= 11 is 3.59. The molecule has 0 N–H and O–H groups in total. The quantitative estimate of drug-likeness (QED) is 0.165. The van der Waals surface area contributed by atoms with E-state index in [0.29, 0.717) is 22.5 Å². The number of fused-ring (bicyclic) bond motifs is 18. The number of furan rings is 1. The van der Waals surface area contributed by atoms with Crippen molar-refractivity contribution in [2.45, 2.75) is 6.92 Å². The fourth-order valence-corrected chi connectivity index (χ4v) is 14.0. The number of aromatic nitrogens is 2. The normalized spacial score (nSPS) is 12.0. The zero-order chi connectivity index (χ0) is 46.4. The number of hydrogen-bond donors (Lipinski definition) is 0. The topological polar surface area (TPSA) is 51.1 Å². The van der Waals surface area contributed by atoms with Gasteiger partial charge < -0.3 is 13.6 Å². The number of aryl methyl sites for hydroxylation is 1. The van der Waals surface area contributed by atoms with E-state index in [2.05, 4.69) is 166 Å². The van der Waals surface area contributed by atoms with Crippen molar-refractivity contribution in [3.05, 3.63) is 211 Å². The van der Waals surface area contributed by atoms with Crippen molar-refractivity contribution in [2.75, 3.05) is 0 Å². The van der Waals surface area contributed by atoms with Crippen LogP contribution in [0.1, 0.15) is 11.1 Å². The second-order valence-corrected chi connectivity index (χ2v) is 20.2. The van der Waals surface area contributed by atoms with Crippen LogP contribution >= 0.6 is 22.7 Å². The van der Waals surface area contributed by atoms with Crippen LogP contribution in [-0.4, -0.2) is 9.13 Å². The van der Waals surface area contributed by atoms with Gasteiger partial charge in [-0.2, -0.15) is 5.26 Å². The molecule has 15 rings (SSSR count). The molecule has 10 aromatic carbocycles. The molecule has 0 atom stereocenters. The molecule has 324 valence electrons. The van der Waals surface area contributed by atoms with Gasteiger partial charge in [-0.25, -0.2) is 4.85 Å². The van der Waals surface area contributed by atoms with E-state index in [1.807, 2.05) is 48.5 Å². The van der Waals surface area contributed by atoms with E-state index < -0.39 is 0 Å². The molecule has 0 saturated carbocycles. The highest BCUT2D eigenvalue weighted by molar-refractivity contribution is 7.27. The first-order valence-corrected chi connectivity index (χ1v) is 24.9. The fourth-order valence-electron chi connectivity index (χ4n) is 11.5. The number of para-hydroxylation sites is 1. The van der Waals surface area contributed by atoms with Crippen molar-refractivity contribution >= 4 is 134 Å². The molecule has 5 nitrogen and oxygen atoms in total. The van der Waals surface area contributed by atoms with Crippen LogP contribution in [0.15, 0.2) is 192 Å². The average molecular weight is 927 g/mol. The Morgan fingerprint density at radius 3 is 1.63 bits per heavy atom. The SMILES string of the molecule is [C-]#[N+]c1c(-c2ccccc2)c(C#N)c(-n2c3ccc(C)cc3c3ccc4c5ccccc5oc4c32)c(-c2ccccc2)c1-n1c2c(ccc3c4ccccc4sc32)c2ccc3c4ccccc4sc3c21. The monoisotopic (exact) mass is 926 g/mol. The third-order valence-corrected chi connectivity index (χ3v) is 16.8. The van der Waals surface area contributed by atoms with E-state index in [4.69, 9.17) is 4.42 Å². The summed E-state index contributed by atoms with van der Waals surface area (Å²) in [5.41, 5.74) is 11.8. The lowest BCUT2D eigenvalue weighted by molar-refractivity contribution is 0.671. The zero-order valence-corrected chi connectivity index (χ0v) is 39.0. The van der Waals surface area contributed by atoms with E-state index in [1.165, 1.54) is 20.2 Å². The van der Waals surface area contributed by atoms with Crippen molar-refractivity contribution in [2.24, 2.45) is 0 Å². The number of rotatable bonds is 4. The molecule has 0 aliphatic carbocycles. The largest absolute Gasteiger partial charge is 0.454 e. The summed E-state index contributed by atoms with van der Waals surface area (Å²) in [6.07, 6.45) is 0. The van der Waals surface area contributed by atoms with Crippen molar-refractivity contribution in [1.82, 2.24) is 9.13 Å². The Morgan fingerprint density at radius 2 is 1.01 bits per heavy atom. The Hall–Kier alpha value is -8.98. The van der Waals surface area contributed by atoms with Gasteiger partial charge in [0.15, 0.2) is 5.58 Å². The molecule has 0 unspecified atom stereocenters. The molecule has 0 saturated heterocycles. The van der Waals surface area contributed by atoms with Gasteiger partial charge in [0, 0.05) is 74.4 Å². The summed E-state index contributed by atoms with van der Waals surface area (Å²) < 4.78 is 16.4. The van der Waals surface area contributed by atoms with Crippen LogP contribution in [0.2, 0.25) is 0 Å². The standard InChI is InChI=1S/C63H34N4OS2/c1-35-25-32-49-47(33-35)43-26-29-44-38-19-9-12-22-50(38)68-61(44)57(43)66(49)56-48(34-64)53(36-15-5-3-6-16-36)55(65-2)60(54(56)37-17-7-4-8-18-37)67-58-41(27-30-45-39-20-10-13-23-51(39)69-62(45)58)42-28-31-46-40-21-11-14-24-52(40)70-63(46)59(42)67/h3-33H,1H3. The molecular weight excluding hydrogens is 893 g/mol. The molecule has 7 heteroatoms. The second kappa shape index (κ2) is 14.5. The Morgan fingerprint density at radius 1 is 0.486 bits per heavy atom. The molecule has 5 heterocycles. The lowest BCUT2D eigenvalue weighted by Crippen LogP contribution is -2.09. The first-order chi connectivity index (χ1) is 34.6. The van der Waals surface area contributed by atoms with E-state index in [1.54, 1.807) is 22.7 Å². The minimum atomic E-state index is 0.408. The van der Waals surface area contributed by atoms with Gasteiger partial charge in [0.1, 0.15) is 11.7 Å². The smallest absolute Gasteiger partial charge is 0.220 e. The lowest BCUT2D eigenvalue weighted by atomic mass is 9.88. The van der Waals surface area contributed by atoms with E-state index >= 15 is 0 Å². The molecule has 0 aliphatic rings. The molecular formula is C63H34N4OS2. The molecule has 0 radical (unpaired) electrons. The molecule has 0 spiro atoms. The van der Waals surface area contributed by atoms with Crippen molar-refractivity contribution in [3.63, 3.8) is 0 Å². The zero-order valence-electron chi connectivity index (χ0n) is 37.4. The molecule has 0 aliphatic heterocycles. The highest BCUT2D eigenvalue weighted by atomic mass is 32.1. The number of thiophene rings is 2. The van der Waals surface area contributed by atoms with Gasteiger partial charge in [-0.1, -0.05) is 157 Å². The van der Waals surface area contributed by atoms with Gasteiger partial charge in [0.05, 0.1) is 55.0 Å². The molecule has 0 fully saturated rings. The fraction of sp³-hybridized carbons (Fsp3) is 0.0159. The van der Waals surface area contributed by atoms with Crippen molar-refractivity contribution < 1.29 is 4.42 Å². The van der Waals surface area contributed by atoms with Crippen LogP contribution in [0.25, 0.3) is 144 Å². The number of nitriles is 1. The summed E-state index contributed by atoms with van der Waals surface area (Å²) in [6.45, 7) is 11.6. The van der Waals surface area contributed by atoms with Gasteiger partial charge in [0.25, 0.3) is 0 Å². The maximum Gasteiger partial charge on any atom is 0.220 e. The first-order valence-electron chi connectivity index (χ1n) is 23.3. The molecule has 0 amide bonds. The third-order valence-electron chi connectivity index (χ3n) is 14.4. The third kappa shape index (κ3) is 5.17. The Kier molecular flexibility index (Phi) is 8.10. The number of nitrogens with zero attached hydrogens (tertiary/aromatic N) is 4. The predicted octanol–water partition coefficient (Wildman–Crippen LogP) is 18.6. The van der Waals surface area contributed by atoms with Gasteiger partial charge in [-0.15, -0.1) is 22.7 Å². The van der Waals surface area contributed by atoms with E-state index in [-0.39, 0.29) is 0 Å². The van der Waals surface area contributed by atoms with Crippen LogP contribution in [0.5, 0.6) is 0 Å². The van der Waals surface area contributed by atoms with Crippen LogP contribution in [-0.2, 0) is 0 Å². The average Bonchev–Trinajstić information content (AvgIpc) is 4.23. The highest BCUT2D eigenvalue weighted by Gasteiger charge is 2.33. The summed E-state index contributed by atoms with van der Waals surface area (Å²) in [7, 11) is 0. The van der Waals surface area contributed by atoms with E-state index in [0.717, 1.165) is 114 Å². The van der Waals surface area contributed by atoms with Crippen molar-refractivity contribution in [1.29, 1.82) is 5.26 Å². The van der Waals surface area contributed by atoms with Gasteiger partial charge in [0.2, 0.25) is 5.69 Å². The highest BCUT2D eigenvalue weighted by Crippen LogP contribution is 2.55. The van der Waals surface area contributed by atoms with Crippen LogP contribution < -0.4 is 0 Å². The maximum absolute atomic E-state index is 12.1. The van der Waals surface area contributed by atoms with Gasteiger partial charge in [-0.3, -0.25) is 0 Å². The lowest BCUT2D eigenvalue weighted by Gasteiger charge is -2.26. The summed E-state index contributed by atoms with van der Waals surface area (Å²) in [4.78, 5) is 4.65. The molecule has 0 bridgehead atoms. The number of benzene rings is 10. The van der Waals surface area contributed by atoms with Crippen molar-refractivity contribution in [3.8, 4) is 39.7 Å². The Labute approximate surface area is 407 Å². The molecule has 15 aromatic rings. The summed E-state index contributed by atoms with van der Waals surface area (Å²) in [6, 6.07) is 68.8. The van der Waals surface area contributed by atoms with Gasteiger partial charge >= 0.3 is 0 Å². The Balaban J connectivity index is 1.27. The second-order valence-electron chi connectivity index (χ2n) is 18.1.